The molecule has 2 N–H and O–H groups in total. The van der Waals surface area contributed by atoms with Crippen molar-refractivity contribution in [1.29, 1.82) is 0 Å². The molecule has 4 nitrogen and oxygen atoms in total. The topological polar surface area (TPSA) is 52.6 Å². The van der Waals surface area contributed by atoms with Crippen LogP contribution >= 0.6 is 0 Å². The first-order chi connectivity index (χ1) is 8.25. The summed E-state index contributed by atoms with van der Waals surface area (Å²) < 4.78 is 0. The van der Waals surface area contributed by atoms with Crippen LogP contribution in [0.15, 0.2) is 24.3 Å². The number of phenolic OH excluding ortho intramolecular Hbond substituents is 1. The van der Waals surface area contributed by atoms with Gasteiger partial charge < -0.3 is 15.3 Å². The van der Waals surface area contributed by atoms with E-state index >= 15 is 0 Å². The Hall–Kier alpha value is -1.71. The Labute approximate surface area is 101 Å². The summed E-state index contributed by atoms with van der Waals surface area (Å²) in [7, 11) is 0. The standard InChI is InChI=1S/C13H18N2O2/c16-12-6-4-5-11(9-12)10-14-13(17)15-7-2-1-3-8-15/h4-6,9,16H,1-3,7-8,10H2,(H,14,17). The Morgan fingerprint density at radius 1 is 1.29 bits per heavy atom. The highest BCUT2D eigenvalue weighted by Crippen LogP contribution is 2.11. The molecule has 0 aromatic heterocycles. The molecule has 0 spiro atoms. The van der Waals surface area contributed by atoms with Gasteiger partial charge in [0, 0.05) is 19.6 Å². The molecule has 1 fully saturated rings. The van der Waals surface area contributed by atoms with Crippen LogP contribution in [0.5, 0.6) is 5.75 Å². The maximum absolute atomic E-state index is 11.8. The monoisotopic (exact) mass is 234 g/mol. The summed E-state index contributed by atoms with van der Waals surface area (Å²) in [5, 5.41) is 12.2. The number of nitrogens with zero attached hydrogens (tertiary/aromatic N) is 1. The Morgan fingerprint density at radius 3 is 2.76 bits per heavy atom. The highest BCUT2D eigenvalue weighted by molar-refractivity contribution is 5.74. The Bertz CT molecular complexity index is 387. The van der Waals surface area contributed by atoms with Gasteiger partial charge in [-0.15, -0.1) is 0 Å². The van der Waals surface area contributed by atoms with Crippen molar-refractivity contribution in [3.8, 4) is 5.75 Å². The third-order valence-corrected chi connectivity index (χ3v) is 3.00. The molecule has 0 radical (unpaired) electrons. The number of urea groups is 1. The van der Waals surface area contributed by atoms with E-state index in [2.05, 4.69) is 5.32 Å². The fraction of sp³-hybridized carbons (Fsp3) is 0.462. The molecular weight excluding hydrogens is 216 g/mol. The van der Waals surface area contributed by atoms with E-state index in [-0.39, 0.29) is 11.8 Å². The molecule has 2 rings (SSSR count). The van der Waals surface area contributed by atoms with Gasteiger partial charge in [-0.05, 0) is 37.0 Å². The largest absolute Gasteiger partial charge is 0.508 e. The van der Waals surface area contributed by atoms with Gasteiger partial charge in [0.15, 0.2) is 0 Å². The normalized spacial score (nSPS) is 15.6. The molecule has 92 valence electrons. The molecule has 0 unspecified atom stereocenters. The van der Waals surface area contributed by atoms with Crippen molar-refractivity contribution in [3.05, 3.63) is 29.8 Å². The van der Waals surface area contributed by atoms with E-state index in [9.17, 15) is 9.90 Å². The van der Waals surface area contributed by atoms with Crippen LogP contribution in [0.3, 0.4) is 0 Å². The van der Waals surface area contributed by atoms with E-state index in [1.807, 2.05) is 11.0 Å². The zero-order chi connectivity index (χ0) is 12.1. The lowest BCUT2D eigenvalue weighted by Gasteiger charge is -2.26. The minimum absolute atomic E-state index is 0.00644. The molecule has 1 saturated heterocycles. The second kappa shape index (κ2) is 5.57. The molecule has 1 heterocycles. The molecule has 0 atom stereocenters. The second-order valence-corrected chi connectivity index (χ2v) is 4.38. The number of piperidine rings is 1. The molecule has 0 bridgehead atoms. The summed E-state index contributed by atoms with van der Waals surface area (Å²) in [6, 6.07) is 6.94. The summed E-state index contributed by atoms with van der Waals surface area (Å²) in [5.41, 5.74) is 0.912. The lowest BCUT2D eigenvalue weighted by atomic mass is 10.1. The van der Waals surface area contributed by atoms with Crippen molar-refractivity contribution in [1.82, 2.24) is 10.2 Å². The van der Waals surface area contributed by atoms with E-state index in [4.69, 9.17) is 0 Å². The first-order valence-corrected chi connectivity index (χ1v) is 6.06. The molecule has 17 heavy (non-hydrogen) atoms. The Morgan fingerprint density at radius 2 is 2.06 bits per heavy atom. The zero-order valence-corrected chi connectivity index (χ0v) is 9.85. The average molecular weight is 234 g/mol. The van der Waals surface area contributed by atoms with Crippen molar-refractivity contribution in [2.75, 3.05) is 13.1 Å². The number of benzene rings is 1. The van der Waals surface area contributed by atoms with E-state index in [1.165, 1.54) is 6.42 Å². The first kappa shape index (κ1) is 11.8. The third kappa shape index (κ3) is 3.37. The molecular formula is C13H18N2O2. The first-order valence-electron chi connectivity index (χ1n) is 6.06. The highest BCUT2D eigenvalue weighted by Gasteiger charge is 2.15. The Balaban J connectivity index is 1.83. The smallest absolute Gasteiger partial charge is 0.317 e. The summed E-state index contributed by atoms with van der Waals surface area (Å²) in [6.45, 7) is 2.17. The fourth-order valence-electron chi connectivity index (χ4n) is 2.05. The zero-order valence-electron chi connectivity index (χ0n) is 9.85. The Kier molecular flexibility index (Phi) is 3.85. The minimum Gasteiger partial charge on any atom is -0.508 e. The quantitative estimate of drug-likeness (QED) is 0.823. The predicted octanol–water partition coefficient (Wildman–Crippen LogP) is 2.09. The van der Waals surface area contributed by atoms with E-state index in [0.29, 0.717) is 6.54 Å². The van der Waals surface area contributed by atoms with Crippen LogP contribution in [0.2, 0.25) is 0 Å². The van der Waals surface area contributed by atoms with Crippen molar-refractivity contribution >= 4 is 6.03 Å². The predicted molar refractivity (Wildman–Crippen MR) is 65.8 cm³/mol. The average Bonchev–Trinajstić information content (AvgIpc) is 2.37. The number of nitrogens with one attached hydrogen (secondary N) is 1. The maximum Gasteiger partial charge on any atom is 0.317 e. The summed E-state index contributed by atoms with van der Waals surface area (Å²) in [6.07, 6.45) is 3.41. The highest BCUT2D eigenvalue weighted by atomic mass is 16.3. The van der Waals surface area contributed by atoms with Crippen LogP contribution in [0.25, 0.3) is 0 Å². The number of phenols is 1. The summed E-state index contributed by atoms with van der Waals surface area (Å²) in [4.78, 5) is 13.7. The molecule has 0 aliphatic carbocycles. The molecule has 2 amide bonds. The van der Waals surface area contributed by atoms with Gasteiger partial charge in [0.05, 0.1) is 0 Å². The fourth-order valence-corrected chi connectivity index (χ4v) is 2.05. The van der Waals surface area contributed by atoms with Crippen LogP contribution in [-0.4, -0.2) is 29.1 Å². The number of aromatic hydroxyl groups is 1. The minimum atomic E-state index is -0.00644. The number of amides is 2. The van der Waals surface area contributed by atoms with Crippen molar-refractivity contribution in [2.45, 2.75) is 25.8 Å². The van der Waals surface area contributed by atoms with Crippen LogP contribution in [0, 0.1) is 0 Å². The lowest BCUT2D eigenvalue weighted by molar-refractivity contribution is 0.186. The molecule has 1 aromatic rings. The number of hydrogen-bond donors (Lipinski definition) is 2. The number of hydrogen-bond acceptors (Lipinski definition) is 2. The second-order valence-electron chi connectivity index (χ2n) is 4.38. The number of likely N-dealkylation sites (tertiary alicyclic amines) is 1. The maximum atomic E-state index is 11.8. The van der Waals surface area contributed by atoms with Crippen LogP contribution < -0.4 is 5.32 Å². The number of carbonyl (C=O) groups is 1. The van der Waals surface area contributed by atoms with Crippen molar-refractivity contribution in [3.63, 3.8) is 0 Å². The third-order valence-electron chi connectivity index (χ3n) is 3.00. The van der Waals surface area contributed by atoms with Gasteiger partial charge in [0.25, 0.3) is 0 Å². The van der Waals surface area contributed by atoms with Crippen molar-refractivity contribution in [2.24, 2.45) is 0 Å². The van der Waals surface area contributed by atoms with Gasteiger partial charge in [-0.1, -0.05) is 12.1 Å². The summed E-state index contributed by atoms with van der Waals surface area (Å²) in [5.74, 6) is 0.231. The lowest BCUT2D eigenvalue weighted by Crippen LogP contribution is -2.42. The van der Waals surface area contributed by atoms with E-state index < -0.39 is 0 Å². The van der Waals surface area contributed by atoms with Gasteiger partial charge in [-0.2, -0.15) is 0 Å². The van der Waals surface area contributed by atoms with Gasteiger partial charge in [0.1, 0.15) is 5.75 Å². The molecule has 0 saturated carbocycles. The summed E-state index contributed by atoms with van der Waals surface area (Å²) >= 11 is 0. The van der Waals surface area contributed by atoms with Crippen LogP contribution in [0.1, 0.15) is 24.8 Å². The number of carbonyl (C=O) groups excluding carboxylic acids is 1. The van der Waals surface area contributed by atoms with Gasteiger partial charge in [-0.3, -0.25) is 0 Å². The van der Waals surface area contributed by atoms with E-state index in [1.54, 1.807) is 18.2 Å². The van der Waals surface area contributed by atoms with Crippen LogP contribution in [-0.2, 0) is 6.54 Å². The molecule has 4 heteroatoms. The van der Waals surface area contributed by atoms with E-state index in [0.717, 1.165) is 31.5 Å². The van der Waals surface area contributed by atoms with Gasteiger partial charge in [0.2, 0.25) is 0 Å². The van der Waals surface area contributed by atoms with Crippen LogP contribution in [0.4, 0.5) is 4.79 Å². The molecule has 1 aliphatic rings. The van der Waals surface area contributed by atoms with Gasteiger partial charge in [-0.25, -0.2) is 4.79 Å². The van der Waals surface area contributed by atoms with Gasteiger partial charge >= 0.3 is 6.03 Å². The SMILES string of the molecule is O=C(NCc1cccc(O)c1)N1CCCCC1. The molecule has 1 aromatic carbocycles. The number of rotatable bonds is 2. The molecule has 1 aliphatic heterocycles. The van der Waals surface area contributed by atoms with Crippen molar-refractivity contribution < 1.29 is 9.90 Å².